The number of benzene rings is 1. The van der Waals surface area contributed by atoms with Crippen molar-refractivity contribution < 1.29 is 19.1 Å². The van der Waals surface area contributed by atoms with E-state index in [2.05, 4.69) is 0 Å². The zero-order valence-corrected chi connectivity index (χ0v) is 15.2. The number of carbonyl (C=O) groups is 2. The molecule has 2 fully saturated rings. The summed E-state index contributed by atoms with van der Waals surface area (Å²) in [5, 5.41) is 0. The Balaban J connectivity index is 1.51. The van der Waals surface area contributed by atoms with E-state index in [4.69, 9.17) is 15.2 Å². The summed E-state index contributed by atoms with van der Waals surface area (Å²) in [5.41, 5.74) is 5.36. The quantitative estimate of drug-likeness (QED) is 0.887. The fraction of sp³-hybridized carbons (Fsp3) is 0.579. The molecule has 1 aromatic rings. The minimum Gasteiger partial charge on any atom is -0.493 e. The molecule has 2 N–H and O–H groups in total. The van der Waals surface area contributed by atoms with Crippen LogP contribution in [-0.2, 0) is 4.79 Å². The standard InChI is InChI=1S/C19H27N3O4/c1-25-16-6-2-3-7-17(16)26-15-8-11-21(12-9-15)18(23)14-5-4-10-22(13-14)19(20)24/h2-3,6-7,14-15H,4-5,8-13H2,1H3,(H2,20,24)/t14-/m0/s1. The first-order valence-electron chi connectivity index (χ1n) is 9.21. The van der Waals surface area contributed by atoms with E-state index in [-0.39, 0.29) is 17.9 Å². The summed E-state index contributed by atoms with van der Waals surface area (Å²) in [7, 11) is 1.63. The molecule has 1 atom stereocenters. The van der Waals surface area contributed by atoms with Crippen LogP contribution in [0.2, 0.25) is 0 Å². The molecule has 0 saturated carbocycles. The predicted molar refractivity (Wildman–Crippen MR) is 97.1 cm³/mol. The van der Waals surface area contributed by atoms with Crippen LogP contribution < -0.4 is 15.2 Å². The number of likely N-dealkylation sites (tertiary alicyclic amines) is 2. The second-order valence-corrected chi connectivity index (χ2v) is 6.92. The van der Waals surface area contributed by atoms with Crippen molar-refractivity contribution in [3.05, 3.63) is 24.3 Å². The number of nitrogens with zero attached hydrogens (tertiary/aromatic N) is 2. The zero-order chi connectivity index (χ0) is 18.5. The maximum Gasteiger partial charge on any atom is 0.314 e. The number of hydrogen-bond donors (Lipinski definition) is 1. The van der Waals surface area contributed by atoms with Crippen molar-refractivity contribution in [2.75, 3.05) is 33.3 Å². The third-order valence-electron chi connectivity index (χ3n) is 5.20. The van der Waals surface area contributed by atoms with Crippen LogP contribution in [0.5, 0.6) is 11.5 Å². The fourth-order valence-electron chi connectivity index (χ4n) is 3.73. The number of nitrogens with two attached hydrogens (primary N) is 1. The van der Waals surface area contributed by atoms with Gasteiger partial charge in [-0.1, -0.05) is 12.1 Å². The Morgan fingerprint density at radius 2 is 1.73 bits per heavy atom. The summed E-state index contributed by atoms with van der Waals surface area (Å²) < 4.78 is 11.4. The lowest BCUT2D eigenvalue weighted by molar-refractivity contribution is -0.138. The Morgan fingerprint density at radius 1 is 1.04 bits per heavy atom. The maximum atomic E-state index is 12.8. The number of ether oxygens (including phenoxy) is 2. The van der Waals surface area contributed by atoms with Crippen LogP contribution in [0.4, 0.5) is 4.79 Å². The second kappa shape index (κ2) is 8.29. The molecule has 7 nitrogen and oxygen atoms in total. The van der Waals surface area contributed by atoms with Crippen LogP contribution in [0, 0.1) is 5.92 Å². The first kappa shape index (κ1) is 18.4. The molecule has 2 heterocycles. The molecule has 0 aromatic heterocycles. The lowest BCUT2D eigenvalue weighted by Gasteiger charge is -2.37. The zero-order valence-electron chi connectivity index (χ0n) is 15.2. The number of piperidine rings is 2. The maximum absolute atomic E-state index is 12.8. The largest absolute Gasteiger partial charge is 0.493 e. The van der Waals surface area contributed by atoms with Crippen molar-refractivity contribution in [3.63, 3.8) is 0 Å². The van der Waals surface area contributed by atoms with E-state index >= 15 is 0 Å². The lowest BCUT2D eigenvalue weighted by atomic mass is 9.95. The smallest absolute Gasteiger partial charge is 0.314 e. The Labute approximate surface area is 154 Å². The summed E-state index contributed by atoms with van der Waals surface area (Å²) >= 11 is 0. The van der Waals surface area contributed by atoms with Gasteiger partial charge in [-0.05, 0) is 25.0 Å². The number of urea groups is 1. The molecule has 0 unspecified atom stereocenters. The van der Waals surface area contributed by atoms with Gasteiger partial charge >= 0.3 is 6.03 Å². The Morgan fingerprint density at radius 3 is 2.38 bits per heavy atom. The van der Waals surface area contributed by atoms with Gasteiger partial charge in [0, 0.05) is 39.0 Å². The SMILES string of the molecule is COc1ccccc1OC1CCN(C(=O)[C@H]2CCCN(C(N)=O)C2)CC1. The van der Waals surface area contributed by atoms with E-state index in [0.717, 1.165) is 37.2 Å². The third-order valence-corrected chi connectivity index (χ3v) is 5.20. The molecule has 0 bridgehead atoms. The molecule has 142 valence electrons. The molecule has 0 aliphatic carbocycles. The highest BCUT2D eigenvalue weighted by Gasteiger charge is 2.32. The van der Waals surface area contributed by atoms with Gasteiger partial charge in [0.25, 0.3) is 0 Å². The average molecular weight is 361 g/mol. The normalized spacial score (nSPS) is 21.3. The molecule has 0 spiro atoms. The molecule has 2 saturated heterocycles. The van der Waals surface area contributed by atoms with Crippen molar-refractivity contribution in [2.24, 2.45) is 11.7 Å². The Kier molecular flexibility index (Phi) is 5.85. The van der Waals surface area contributed by atoms with E-state index in [1.54, 1.807) is 12.0 Å². The van der Waals surface area contributed by atoms with Crippen molar-refractivity contribution in [3.8, 4) is 11.5 Å². The van der Waals surface area contributed by atoms with Crippen molar-refractivity contribution in [1.82, 2.24) is 9.80 Å². The number of primary amides is 1. The minimum absolute atomic E-state index is 0.0730. The van der Waals surface area contributed by atoms with Gasteiger partial charge in [-0.2, -0.15) is 0 Å². The van der Waals surface area contributed by atoms with Crippen LogP contribution in [0.1, 0.15) is 25.7 Å². The average Bonchev–Trinajstić information content (AvgIpc) is 2.68. The van der Waals surface area contributed by atoms with Gasteiger partial charge in [-0.25, -0.2) is 4.79 Å². The molecule has 3 amide bonds. The van der Waals surface area contributed by atoms with Crippen molar-refractivity contribution >= 4 is 11.9 Å². The molecule has 0 radical (unpaired) electrons. The summed E-state index contributed by atoms with van der Waals surface area (Å²) in [6.45, 7) is 2.43. The highest BCUT2D eigenvalue weighted by atomic mass is 16.5. The van der Waals surface area contributed by atoms with Crippen LogP contribution in [0.3, 0.4) is 0 Å². The highest BCUT2D eigenvalue weighted by molar-refractivity contribution is 5.80. The van der Waals surface area contributed by atoms with Gasteiger partial charge in [0.1, 0.15) is 6.10 Å². The van der Waals surface area contributed by atoms with Crippen LogP contribution in [0.25, 0.3) is 0 Å². The van der Waals surface area contributed by atoms with Crippen LogP contribution in [0.15, 0.2) is 24.3 Å². The number of para-hydroxylation sites is 2. The summed E-state index contributed by atoms with van der Waals surface area (Å²) in [6, 6.07) is 7.17. The fourth-order valence-corrected chi connectivity index (χ4v) is 3.73. The molecule has 1 aromatic carbocycles. The summed E-state index contributed by atoms with van der Waals surface area (Å²) in [5.74, 6) is 1.46. The van der Waals surface area contributed by atoms with E-state index in [1.165, 1.54) is 0 Å². The lowest BCUT2D eigenvalue weighted by Crippen LogP contribution is -2.50. The van der Waals surface area contributed by atoms with Crippen molar-refractivity contribution in [2.45, 2.75) is 31.8 Å². The molecule has 7 heteroatoms. The second-order valence-electron chi connectivity index (χ2n) is 6.92. The highest BCUT2D eigenvalue weighted by Crippen LogP contribution is 2.29. The number of hydrogen-bond acceptors (Lipinski definition) is 4. The summed E-state index contributed by atoms with van der Waals surface area (Å²) in [4.78, 5) is 27.6. The van der Waals surface area contributed by atoms with Gasteiger partial charge in [0.15, 0.2) is 11.5 Å². The van der Waals surface area contributed by atoms with E-state index in [0.29, 0.717) is 26.2 Å². The third kappa shape index (κ3) is 4.20. The molecule has 2 aliphatic heterocycles. The topological polar surface area (TPSA) is 85.1 Å². The first-order valence-corrected chi connectivity index (χ1v) is 9.21. The minimum atomic E-state index is -0.439. The number of amides is 3. The molecular weight excluding hydrogens is 334 g/mol. The van der Waals surface area contributed by atoms with Gasteiger partial charge in [-0.15, -0.1) is 0 Å². The van der Waals surface area contributed by atoms with E-state index in [9.17, 15) is 9.59 Å². The predicted octanol–water partition coefficient (Wildman–Crippen LogP) is 1.86. The van der Waals surface area contributed by atoms with Crippen LogP contribution >= 0.6 is 0 Å². The first-order chi connectivity index (χ1) is 12.6. The van der Waals surface area contributed by atoms with Crippen LogP contribution in [-0.4, -0.2) is 61.1 Å². The molecule has 3 rings (SSSR count). The number of carbonyl (C=O) groups excluding carboxylic acids is 2. The van der Waals surface area contributed by atoms with Crippen molar-refractivity contribution in [1.29, 1.82) is 0 Å². The Hall–Kier alpha value is -2.44. The monoisotopic (exact) mass is 361 g/mol. The Bertz CT molecular complexity index is 643. The van der Waals surface area contributed by atoms with E-state index in [1.807, 2.05) is 29.2 Å². The van der Waals surface area contributed by atoms with E-state index < -0.39 is 6.03 Å². The molecular formula is C19H27N3O4. The summed E-state index contributed by atoms with van der Waals surface area (Å²) in [6.07, 6.45) is 3.29. The molecule has 2 aliphatic rings. The van der Waals surface area contributed by atoms with Gasteiger partial charge < -0.3 is 25.0 Å². The molecule has 26 heavy (non-hydrogen) atoms. The number of methoxy groups -OCH3 is 1. The number of rotatable bonds is 4. The van der Waals surface area contributed by atoms with Gasteiger partial charge in [-0.3, -0.25) is 4.79 Å². The van der Waals surface area contributed by atoms with Gasteiger partial charge in [0.2, 0.25) is 5.91 Å². The van der Waals surface area contributed by atoms with Gasteiger partial charge in [0.05, 0.1) is 13.0 Å².